The van der Waals surface area contributed by atoms with E-state index in [-0.39, 0.29) is 0 Å². The first-order valence-corrected chi connectivity index (χ1v) is 7.25. The zero-order valence-corrected chi connectivity index (χ0v) is 12.2. The van der Waals surface area contributed by atoms with Crippen molar-refractivity contribution in [2.75, 3.05) is 19.8 Å². The van der Waals surface area contributed by atoms with Crippen LogP contribution in [0.15, 0.2) is 36.4 Å². The van der Waals surface area contributed by atoms with E-state index in [1.54, 1.807) is 0 Å². The third-order valence-electron chi connectivity index (χ3n) is 2.90. The molecule has 1 aromatic carbocycles. The van der Waals surface area contributed by atoms with Gasteiger partial charge in [-0.15, -0.1) is 0 Å². The zero-order chi connectivity index (χ0) is 13.8. The molecule has 1 aromatic rings. The summed E-state index contributed by atoms with van der Waals surface area (Å²) >= 11 is 0. The van der Waals surface area contributed by atoms with Gasteiger partial charge in [-0.25, -0.2) is 0 Å². The average Bonchev–Trinajstić information content (AvgIpc) is 2.43. The van der Waals surface area contributed by atoms with Crippen molar-refractivity contribution in [3.8, 4) is 5.75 Å². The van der Waals surface area contributed by atoms with Crippen molar-refractivity contribution in [2.24, 2.45) is 0 Å². The Morgan fingerprint density at radius 2 is 1.79 bits per heavy atom. The lowest BCUT2D eigenvalue weighted by atomic mass is 10.2. The summed E-state index contributed by atoms with van der Waals surface area (Å²) in [6, 6.07) is 8.16. The second kappa shape index (κ2) is 10.6. The van der Waals surface area contributed by atoms with Gasteiger partial charge >= 0.3 is 0 Å². The molecule has 0 aromatic heterocycles. The van der Waals surface area contributed by atoms with E-state index in [0.717, 1.165) is 25.4 Å². The molecule has 0 unspecified atom stereocenters. The highest BCUT2D eigenvalue weighted by Crippen LogP contribution is 2.11. The molecule has 0 aliphatic carbocycles. The summed E-state index contributed by atoms with van der Waals surface area (Å²) in [5, 5.41) is 0. The predicted octanol–water partition coefficient (Wildman–Crippen LogP) is 4.53. The first-order valence-electron chi connectivity index (χ1n) is 7.25. The third-order valence-corrected chi connectivity index (χ3v) is 2.90. The maximum atomic E-state index is 5.61. The second-order valence-corrected chi connectivity index (χ2v) is 4.64. The van der Waals surface area contributed by atoms with E-state index < -0.39 is 0 Å². The summed E-state index contributed by atoms with van der Waals surface area (Å²) in [7, 11) is 0. The van der Waals surface area contributed by atoms with Crippen molar-refractivity contribution < 1.29 is 9.47 Å². The largest absolute Gasteiger partial charge is 0.490 e. The predicted molar refractivity (Wildman–Crippen MR) is 80.8 cm³/mol. The van der Waals surface area contributed by atoms with E-state index in [9.17, 15) is 0 Å². The van der Waals surface area contributed by atoms with E-state index in [1.165, 1.54) is 24.8 Å². The van der Waals surface area contributed by atoms with Crippen LogP contribution in [0.1, 0.15) is 38.2 Å². The van der Waals surface area contributed by atoms with Crippen LogP contribution in [0.25, 0.3) is 0 Å². The van der Waals surface area contributed by atoms with Crippen molar-refractivity contribution in [2.45, 2.75) is 39.5 Å². The first kappa shape index (κ1) is 15.8. The highest BCUT2D eigenvalue weighted by atomic mass is 16.5. The molecular formula is C17H26O2. The van der Waals surface area contributed by atoms with Crippen LogP contribution in [0, 0.1) is 6.92 Å². The van der Waals surface area contributed by atoms with Gasteiger partial charge in [-0.1, -0.05) is 36.3 Å². The molecule has 19 heavy (non-hydrogen) atoms. The summed E-state index contributed by atoms with van der Waals surface area (Å²) in [6.45, 7) is 6.50. The minimum atomic E-state index is 0.655. The standard InChI is InChI=1S/C17H26O2/c1-3-18-14-8-6-4-5-7-9-15-19-17-12-10-16(2)11-13-17/h7,9-13H,3-6,8,14-15H2,1-2H3/b9-7+. The van der Waals surface area contributed by atoms with Gasteiger partial charge in [0, 0.05) is 13.2 Å². The number of benzene rings is 1. The normalized spacial score (nSPS) is 11.1. The topological polar surface area (TPSA) is 18.5 Å². The molecule has 0 saturated carbocycles. The van der Waals surface area contributed by atoms with Gasteiger partial charge in [0.25, 0.3) is 0 Å². The highest BCUT2D eigenvalue weighted by Gasteiger charge is 1.90. The molecule has 0 amide bonds. The Balaban J connectivity index is 1.97. The van der Waals surface area contributed by atoms with Crippen molar-refractivity contribution in [1.29, 1.82) is 0 Å². The maximum Gasteiger partial charge on any atom is 0.119 e. The van der Waals surface area contributed by atoms with Crippen LogP contribution in [0.5, 0.6) is 5.75 Å². The lowest BCUT2D eigenvalue weighted by Gasteiger charge is -2.03. The van der Waals surface area contributed by atoms with Gasteiger partial charge in [-0.3, -0.25) is 0 Å². The number of unbranched alkanes of at least 4 members (excludes halogenated alkanes) is 3. The Kier molecular flexibility index (Phi) is 8.82. The van der Waals surface area contributed by atoms with Crippen molar-refractivity contribution in [1.82, 2.24) is 0 Å². The molecule has 0 spiro atoms. The van der Waals surface area contributed by atoms with Crippen molar-refractivity contribution >= 4 is 0 Å². The fourth-order valence-electron chi connectivity index (χ4n) is 1.75. The van der Waals surface area contributed by atoms with Crippen molar-refractivity contribution in [3.05, 3.63) is 42.0 Å². The Bertz CT molecular complexity index is 341. The van der Waals surface area contributed by atoms with E-state index in [1.807, 2.05) is 19.1 Å². The summed E-state index contributed by atoms with van der Waals surface area (Å²) in [5.74, 6) is 0.937. The summed E-state index contributed by atoms with van der Waals surface area (Å²) < 4.78 is 10.9. The molecule has 0 fully saturated rings. The number of allylic oxidation sites excluding steroid dienone is 1. The van der Waals surface area contributed by atoms with Gasteiger partial charge < -0.3 is 9.47 Å². The molecule has 0 saturated heterocycles. The fourth-order valence-corrected chi connectivity index (χ4v) is 1.75. The third kappa shape index (κ3) is 8.44. The van der Waals surface area contributed by atoms with Gasteiger partial charge in [0.05, 0.1) is 0 Å². The van der Waals surface area contributed by atoms with E-state index >= 15 is 0 Å². The maximum absolute atomic E-state index is 5.61. The minimum absolute atomic E-state index is 0.655. The SMILES string of the molecule is CCOCCCCC/C=C/COc1ccc(C)cc1. The van der Waals surface area contributed by atoms with Crippen LogP contribution in [0.3, 0.4) is 0 Å². The van der Waals surface area contributed by atoms with Crippen LogP contribution in [0.2, 0.25) is 0 Å². The van der Waals surface area contributed by atoms with Crippen LogP contribution < -0.4 is 4.74 Å². The van der Waals surface area contributed by atoms with Crippen molar-refractivity contribution in [3.63, 3.8) is 0 Å². The minimum Gasteiger partial charge on any atom is -0.490 e. The zero-order valence-electron chi connectivity index (χ0n) is 12.2. The Labute approximate surface area is 117 Å². The van der Waals surface area contributed by atoms with Gasteiger partial charge in [-0.2, -0.15) is 0 Å². The summed E-state index contributed by atoms with van der Waals surface area (Å²) in [4.78, 5) is 0. The number of rotatable bonds is 10. The molecule has 0 aliphatic rings. The van der Waals surface area contributed by atoms with Gasteiger partial charge in [0.1, 0.15) is 12.4 Å². The lowest BCUT2D eigenvalue weighted by molar-refractivity contribution is 0.143. The summed E-state index contributed by atoms with van der Waals surface area (Å²) in [5.41, 5.74) is 1.26. The van der Waals surface area contributed by atoms with E-state index in [2.05, 4.69) is 31.2 Å². The van der Waals surface area contributed by atoms with E-state index in [4.69, 9.17) is 9.47 Å². The highest BCUT2D eigenvalue weighted by molar-refractivity contribution is 5.26. The van der Waals surface area contributed by atoms with Gasteiger partial charge in [0.2, 0.25) is 0 Å². The summed E-state index contributed by atoms with van der Waals surface area (Å²) in [6.07, 6.45) is 9.07. The van der Waals surface area contributed by atoms with Gasteiger partial charge in [0.15, 0.2) is 0 Å². The molecule has 0 N–H and O–H groups in total. The number of ether oxygens (including phenoxy) is 2. The number of hydrogen-bond acceptors (Lipinski definition) is 2. The molecule has 0 radical (unpaired) electrons. The molecule has 0 bridgehead atoms. The van der Waals surface area contributed by atoms with Crippen LogP contribution in [-0.2, 0) is 4.74 Å². The average molecular weight is 262 g/mol. The monoisotopic (exact) mass is 262 g/mol. The Morgan fingerprint density at radius 1 is 1.00 bits per heavy atom. The van der Waals surface area contributed by atoms with E-state index in [0.29, 0.717) is 6.61 Å². The molecule has 2 nitrogen and oxygen atoms in total. The lowest BCUT2D eigenvalue weighted by Crippen LogP contribution is -1.93. The van der Waals surface area contributed by atoms with Crippen LogP contribution in [0.4, 0.5) is 0 Å². The molecule has 0 atom stereocenters. The molecule has 0 heterocycles. The number of aryl methyl sites for hydroxylation is 1. The molecule has 106 valence electrons. The number of hydrogen-bond donors (Lipinski definition) is 0. The van der Waals surface area contributed by atoms with Crippen LogP contribution in [-0.4, -0.2) is 19.8 Å². The van der Waals surface area contributed by atoms with Crippen LogP contribution >= 0.6 is 0 Å². The fraction of sp³-hybridized carbons (Fsp3) is 0.529. The Morgan fingerprint density at radius 3 is 2.53 bits per heavy atom. The first-order chi connectivity index (χ1) is 9.33. The Hall–Kier alpha value is -1.28. The quantitative estimate of drug-likeness (QED) is 0.455. The molecule has 2 heteroatoms. The molecular weight excluding hydrogens is 236 g/mol. The second-order valence-electron chi connectivity index (χ2n) is 4.64. The molecule has 1 rings (SSSR count). The molecule has 0 aliphatic heterocycles. The smallest absolute Gasteiger partial charge is 0.119 e. The van der Waals surface area contributed by atoms with Gasteiger partial charge in [-0.05, 0) is 45.2 Å².